The Balaban J connectivity index is 2.48. The topological polar surface area (TPSA) is 66.8 Å². The molecule has 0 atom stereocenters. The van der Waals surface area contributed by atoms with Gasteiger partial charge in [0.05, 0.1) is 25.0 Å². The molecule has 0 saturated heterocycles. The monoisotopic (exact) mass is 221 g/mol. The lowest BCUT2D eigenvalue weighted by Gasteiger charge is -2.15. The molecule has 0 aliphatic carbocycles. The number of aliphatic hydroxyl groups is 1. The molecular formula is C11H11NO4. The Morgan fingerprint density at radius 3 is 2.75 bits per heavy atom. The minimum Gasteiger partial charge on any atom is -0.497 e. The van der Waals surface area contributed by atoms with Gasteiger partial charge in [-0.15, -0.1) is 0 Å². The number of carbonyl (C=O) groups is 2. The Kier molecular flexibility index (Phi) is 2.62. The van der Waals surface area contributed by atoms with E-state index >= 15 is 0 Å². The van der Waals surface area contributed by atoms with Crippen LogP contribution in [0.15, 0.2) is 18.2 Å². The van der Waals surface area contributed by atoms with Crippen LogP contribution in [0.2, 0.25) is 0 Å². The summed E-state index contributed by atoms with van der Waals surface area (Å²) >= 11 is 0. The van der Waals surface area contributed by atoms with Gasteiger partial charge in [-0.3, -0.25) is 9.59 Å². The van der Waals surface area contributed by atoms with Crippen LogP contribution in [-0.2, 0) is 4.79 Å². The van der Waals surface area contributed by atoms with Crippen LogP contribution < -0.4 is 9.64 Å². The number of benzene rings is 1. The van der Waals surface area contributed by atoms with Crippen molar-refractivity contribution in [2.45, 2.75) is 0 Å². The lowest BCUT2D eigenvalue weighted by molar-refractivity contribution is -0.114. The summed E-state index contributed by atoms with van der Waals surface area (Å²) in [6.07, 6.45) is 0. The normalized spacial score (nSPS) is 14.2. The summed E-state index contributed by atoms with van der Waals surface area (Å²) in [4.78, 5) is 24.4. The van der Waals surface area contributed by atoms with Gasteiger partial charge in [0, 0.05) is 12.6 Å². The van der Waals surface area contributed by atoms with Crippen LogP contribution in [0.1, 0.15) is 10.4 Å². The second-order valence-corrected chi connectivity index (χ2v) is 3.39. The summed E-state index contributed by atoms with van der Waals surface area (Å²) in [5, 5.41) is 8.85. The van der Waals surface area contributed by atoms with E-state index in [0.29, 0.717) is 17.0 Å². The van der Waals surface area contributed by atoms with Crippen LogP contribution in [0.5, 0.6) is 5.75 Å². The van der Waals surface area contributed by atoms with E-state index in [4.69, 9.17) is 9.84 Å². The number of amides is 1. The molecule has 0 unspecified atom stereocenters. The molecule has 1 aliphatic rings. The number of Topliss-reactive ketones (excluding diaryl/α,β-unsaturated/α-hetero) is 1. The number of hydrogen-bond acceptors (Lipinski definition) is 4. The van der Waals surface area contributed by atoms with Crippen molar-refractivity contribution in [2.24, 2.45) is 0 Å². The van der Waals surface area contributed by atoms with E-state index in [2.05, 4.69) is 0 Å². The van der Waals surface area contributed by atoms with Gasteiger partial charge in [-0.25, -0.2) is 0 Å². The highest BCUT2D eigenvalue weighted by Crippen LogP contribution is 2.31. The second-order valence-electron chi connectivity index (χ2n) is 3.39. The van der Waals surface area contributed by atoms with Crippen molar-refractivity contribution in [2.75, 3.05) is 25.2 Å². The van der Waals surface area contributed by atoms with Gasteiger partial charge in [-0.1, -0.05) is 0 Å². The molecule has 0 saturated carbocycles. The molecule has 1 aliphatic heterocycles. The van der Waals surface area contributed by atoms with Crippen molar-refractivity contribution < 1.29 is 19.4 Å². The van der Waals surface area contributed by atoms with Gasteiger partial charge in [0.15, 0.2) is 0 Å². The Morgan fingerprint density at radius 1 is 1.38 bits per heavy atom. The summed E-state index contributed by atoms with van der Waals surface area (Å²) in [6, 6.07) is 4.81. The van der Waals surface area contributed by atoms with Crippen molar-refractivity contribution >= 4 is 17.4 Å². The van der Waals surface area contributed by atoms with Crippen molar-refractivity contribution in [3.8, 4) is 5.75 Å². The highest BCUT2D eigenvalue weighted by Gasteiger charge is 2.35. The Bertz CT molecular complexity index is 455. The number of aliphatic hydroxyl groups excluding tert-OH is 1. The maximum atomic E-state index is 11.6. The third-order valence-electron chi connectivity index (χ3n) is 2.50. The summed E-state index contributed by atoms with van der Waals surface area (Å²) < 4.78 is 5.02. The quantitative estimate of drug-likeness (QED) is 0.741. The number of fused-ring (bicyclic) bond motifs is 1. The van der Waals surface area contributed by atoms with Gasteiger partial charge in [0.1, 0.15) is 5.75 Å². The van der Waals surface area contributed by atoms with Crippen LogP contribution in [-0.4, -0.2) is 37.1 Å². The SMILES string of the molecule is COc1ccc2c(c1)N(CCO)C(=O)C2=O. The van der Waals surface area contributed by atoms with Crippen molar-refractivity contribution in [3.63, 3.8) is 0 Å². The maximum Gasteiger partial charge on any atom is 0.299 e. The van der Waals surface area contributed by atoms with Crippen LogP contribution >= 0.6 is 0 Å². The molecule has 1 amide bonds. The molecule has 5 nitrogen and oxygen atoms in total. The molecule has 0 bridgehead atoms. The number of nitrogens with zero attached hydrogens (tertiary/aromatic N) is 1. The maximum absolute atomic E-state index is 11.6. The van der Waals surface area contributed by atoms with E-state index in [1.165, 1.54) is 12.0 Å². The highest BCUT2D eigenvalue weighted by atomic mass is 16.5. The van der Waals surface area contributed by atoms with Crippen LogP contribution in [0.3, 0.4) is 0 Å². The average Bonchev–Trinajstić information content (AvgIpc) is 2.54. The highest BCUT2D eigenvalue weighted by molar-refractivity contribution is 6.52. The van der Waals surface area contributed by atoms with E-state index in [1.807, 2.05) is 0 Å². The molecule has 0 spiro atoms. The molecule has 2 rings (SSSR count). The molecule has 84 valence electrons. The third kappa shape index (κ3) is 1.45. The molecule has 0 aromatic heterocycles. The minimum atomic E-state index is -0.600. The predicted octanol–water partition coefficient (Wildman–Crippen LogP) is 0.217. The van der Waals surface area contributed by atoms with Gasteiger partial charge >= 0.3 is 0 Å². The van der Waals surface area contributed by atoms with E-state index in [9.17, 15) is 9.59 Å². The lowest BCUT2D eigenvalue weighted by atomic mass is 10.1. The summed E-state index contributed by atoms with van der Waals surface area (Å²) in [6.45, 7) is -0.0690. The minimum absolute atomic E-state index is 0.116. The fourth-order valence-electron chi connectivity index (χ4n) is 1.72. The number of carbonyl (C=O) groups excluding carboxylic acids is 2. The fraction of sp³-hybridized carbons (Fsp3) is 0.273. The first-order chi connectivity index (χ1) is 7.69. The van der Waals surface area contributed by atoms with Gasteiger partial charge in [-0.2, -0.15) is 0 Å². The predicted molar refractivity (Wildman–Crippen MR) is 56.8 cm³/mol. The lowest BCUT2D eigenvalue weighted by Crippen LogP contribution is -2.32. The largest absolute Gasteiger partial charge is 0.497 e. The first kappa shape index (κ1) is 10.6. The van der Waals surface area contributed by atoms with E-state index in [-0.39, 0.29) is 13.2 Å². The fourth-order valence-corrected chi connectivity index (χ4v) is 1.72. The van der Waals surface area contributed by atoms with Crippen LogP contribution in [0.4, 0.5) is 5.69 Å². The molecule has 1 aromatic carbocycles. The smallest absolute Gasteiger partial charge is 0.299 e. The van der Waals surface area contributed by atoms with E-state index in [1.54, 1.807) is 18.2 Å². The molecular weight excluding hydrogens is 210 g/mol. The summed E-state index contributed by atoms with van der Waals surface area (Å²) in [7, 11) is 1.51. The second kappa shape index (κ2) is 3.94. The van der Waals surface area contributed by atoms with Crippen molar-refractivity contribution in [3.05, 3.63) is 23.8 Å². The van der Waals surface area contributed by atoms with Gasteiger partial charge in [0.2, 0.25) is 0 Å². The van der Waals surface area contributed by atoms with Gasteiger partial charge in [0.25, 0.3) is 11.7 Å². The molecule has 0 fully saturated rings. The number of methoxy groups -OCH3 is 1. The molecule has 5 heteroatoms. The zero-order valence-corrected chi connectivity index (χ0v) is 8.77. The first-order valence-corrected chi connectivity index (χ1v) is 4.84. The third-order valence-corrected chi connectivity index (χ3v) is 2.50. The molecule has 0 radical (unpaired) electrons. The number of rotatable bonds is 3. The van der Waals surface area contributed by atoms with E-state index < -0.39 is 11.7 Å². The van der Waals surface area contributed by atoms with Gasteiger partial charge in [-0.05, 0) is 12.1 Å². The molecule has 1 heterocycles. The van der Waals surface area contributed by atoms with Crippen molar-refractivity contribution in [1.29, 1.82) is 0 Å². The zero-order valence-electron chi connectivity index (χ0n) is 8.77. The molecule has 1 N–H and O–H groups in total. The van der Waals surface area contributed by atoms with Crippen LogP contribution in [0, 0.1) is 0 Å². The molecule has 1 aromatic rings. The van der Waals surface area contributed by atoms with E-state index in [0.717, 1.165) is 0 Å². The first-order valence-electron chi connectivity index (χ1n) is 4.84. The number of β-amino-alcohol motifs (C(OH)–C–C–N with tert-alkyl or cyclic N) is 1. The zero-order chi connectivity index (χ0) is 11.7. The molecule has 16 heavy (non-hydrogen) atoms. The Morgan fingerprint density at radius 2 is 2.12 bits per heavy atom. The summed E-state index contributed by atoms with van der Waals surface area (Å²) in [5.74, 6) is -0.562. The standard InChI is InChI=1S/C11H11NO4/c1-16-7-2-3-8-9(6-7)12(4-5-13)11(15)10(8)14/h2-3,6,13H,4-5H2,1H3. The number of anilines is 1. The average molecular weight is 221 g/mol. The Hall–Kier alpha value is -1.88. The van der Waals surface area contributed by atoms with Crippen molar-refractivity contribution in [1.82, 2.24) is 0 Å². The Labute approximate surface area is 92.2 Å². The van der Waals surface area contributed by atoms with Crippen LogP contribution in [0.25, 0.3) is 0 Å². The number of ether oxygens (including phenoxy) is 1. The van der Waals surface area contributed by atoms with Gasteiger partial charge < -0.3 is 14.7 Å². The number of hydrogen-bond donors (Lipinski definition) is 1. The summed E-state index contributed by atoms with van der Waals surface area (Å²) in [5.41, 5.74) is 0.864. The number of ketones is 1.